The minimum atomic E-state index is -4.65. The van der Waals surface area contributed by atoms with Gasteiger partial charge in [0.25, 0.3) is 0 Å². The zero-order chi connectivity index (χ0) is 14.0. The highest BCUT2D eigenvalue weighted by Crippen LogP contribution is 2.22. The van der Waals surface area contributed by atoms with Crippen LogP contribution >= 0.6 is 11.6 Å². The minimum Gasteiger partial charge on any atom is -0.307 e. The average molecular weight is 305 g/mol. The van der Waals surface area contributed by atoms with Crippen LogP contribution in [-0.2, 0) is 10.0 Å². The summed E-state index contributed by atoms with van der Waals surface area (Å²) in [4.78, 5) is 3.05. The number of anilines is 1. The number of alkyl halides is 3. The minimum absolute atomic E-state index is 0.00596. The summed E-state index contributed by atoms with van der Waals surface area (Å²) in [7, 11) is -4.33. The van der Waals surface area contributed by atoms with Crippen LogP contribution in [0.15, 0.2) is 17.2 Å². The fourth-order valence-corrected chi connectivity index (χ4v) is 2.20. The summed E-state index contributed by atoms with van der Waals surface area (Å²) in [6.07, 6.45) is -3.82. The van der Waals surface area contributed by atoms with Crippen molar-refractivity contribution in [3.8, 4) is 0 Å². The Hall–Kier alpha value is -1.10. The zero-order valence-corrected chi connectivity index (χ0v) is 10.2. The molecule has 102 valence electrons. The molecule has 0 bridgehead atoms. The lowest BCUT2D eigenvalue weighted by Gasteiger charge is -2.10. The molecule has 0 fully saturated rings. The molecule has 1 aromatic rings. The molecule has 0 aliphatic rings. The third-order valence-electron chi connectivity index (χ3n) is 1.73. The second-order valence-electron chi connectivity index (χ2n) is 3.09. The number of hydrogen-bond donors (Lipinski definition) is 3. The van der Waals surface area contributed by atoms with Gasteiger partial charge in [0.15, 0.2) is 5.82 Å². The van der Waals surface area contributed by atoms with E-state index in [1.54, 1.807) is 0 Å². The van der Waals surface area contributed by atoms with Crippen LogP contribution in [0.4, 0.5) is 19.0 Å². The summed E-state index contributed by atoms with van der Waals surface area (Å²) >= 11 is 5.61. The molecular formula is C7H8ClF3N4O2S. The first kappa shape index (κ1) is 15.0. The van der Waals surface area contributed by atoms with Crippen LogP contribution in [0.25, 0.3) is 0 Å². The van der Waals surface area contributed by atoms with Gasteiger partial charge in [-0.05, 0) is 6.07 Å². The van der Waals surface area contributed by atoms with E-state index in [2.05, 4.69) is 10.4 Å². The molecule has 1 aromatic heterocycles. The first-order valence-corrected chi connectivity index (χ1v) is 6.20. The molecule has 0 atom stereocenters. The lowest BCUT2D eigenvalue weighted by atomic mass is 10.5. The number of pyridine rings is 1. The lowest BCUT2D eigenvalue weighted by molar-refractivity contribution is -0.121. The lowest BCUT2D eigenvalue weighted by Crippen LogP contribution is -2.33. The number of rotatable bonds is 4. The van der Waals surface area contributed by atoms with E-state index in [4.69, 9.17) is 17.4 Å². The number of nitrogen functional groups attached to an aromatic ring is 1. The molecule has 6 nitrogen and oxygen atoms in total. The Labute approximate surface area is 105 Å². The Morgan fingerprint density at radius 3 is 2.50 bits per heavy atom. The van der Waals surface area contributed by atoms with Gasteiger partial charge in [0.05, 0.1) is 5.02 Å². The monoisotopic (exact) mass is 304 g/mol. The first-order valence-electron chi connectivity index (χ1n) is 4.34. The molecule has 0 aliphatic heterocycles. The van der Waals surface area contributed by atoms with Gasteiger partial charge >= 0.3 is 6.18 Å². The summed E-state index contributed by atoms with van der Waals surface area (Å²) in [5.41, 5.74) is 2.09. The molecule has 4 N–H and O–H groups in total. The Morgan fingerprint density at radius 2 is 2.06 bits per heavy atom. The maximum absolute atomic E-state index is 11.9. The highest BCUT2D eigenvalue weighted by molar-refractivity contribution is 7.89. The molecule has 1 heterocycles. The summed E-state index contributed by atoms with van der Waals surface area (Å²) < 4.78 is 60.0. The third-order valence-corrected chi connectivity index (χ3v) is 3.38. The predicted octanol–water partition coefficient (Wildman–Crippen LogP) is 0.861. The van der Waals surface area contributed by atoms with Crippen molar-refractivity contribution in [2.75, 3.05) is 12.0 Å². The number of hydrogen-bond acceptors (Lipinski definition) is 5. The fourth-order valence-electron chi connectivity index (χ4n) is 0.934. The fraction of sp³-hybridized carbons (Fsp3) is 0.286. The van der Waals surface area contributed by atoms with Crippen LogP contribution in [0.2, 0.25) is 5.02 Å². The highest BCUT2D eigenvalue weighted by atomic mass is 35.5. The largest absolute Gasteiger partial charge is 0.402 e. The van der Waals surface area contributed by atoms with E-state index < -0.39 is 27.6 Å². The van der Waals surface area contributed by atoms with Crippen LogP contribution in [0.3, 0.4) is 0 Å². The SMILES string of the molecule is NNc1ncc(S(=O)(=O)NCC(F)(F)F)cc1Cl. The molecule has 0 aromatic carbocycles. The van der Waals surface area contributed by atoms with Crippen molar-refractivity contribution in [1.82, 2.24) is 9.71 Å². The van der Waals surface area contributed by atoms with Crippen LogP contribution in [0.1, 0.15) is 0 Å². The van der Waals surface area contributed by atoms with E-state index in [-0.39, 0.29) is 10.8 Å². The van der Waals surface area contributed by atoms with Gasteiger partial charge in [-0.15, -0.1) is 0 Å². The van der Waals surface area contributed by atoms with Crippen molar-refractivity contribution in [2.24, 2.45) is 5.84 Å². The first-order chi connectivity index (χ1) is 8.15. The highest BCUT2D eigenvalue weighted by Gasteiger charge is 2.30. The van der Waals surface area contributed by atoms with Crippen molar-refractivity contribution in [1.29, 1.82) is 0 Å². The number of hydrazine groups is 1. The van der Waals surface area contributed by atoms with Gasteiger partial charge in [-0.1, -0.05) is 11.6 Å². The summed E-state index contributed by atoms with van der Waals surface area (Å²) in [5, 5.41) is -0.132. The summed E-state index contributed by atoms with van der Waals surface area (Å²) in [5.74, 6) is 5.02. The van der Waals surface area contributed by atoms with Crippen LogP contribution in [0, 0.1) is 0 Å². The molecule has 0 saturated carbocycles. The van der Waals surface area contributed by atoms with Gasteiger partial charge in [0.2, 0.25) is 10.0 Å². The van der Waals surface area contributed by atoms with Gasteiger partial charge in [0, 0.05) is 6.20 Å². The summed E-state index contributed by atoms with van der Waals surface area (Å²) in [6.45, 7) is -1.68. The molecule has 1 rings (SSSR count). The van der Waals surface area contributed by atoms with Crippen molar-refractivity contribution < 1.29 is 21.6 Å². The Balaban J connectivity index is 2.96. The van der Waals surface area contributed by atoms with E-state index in [1.807, 2.05) is 0 Å². The number of nitrogens with two attached hydrogens (primary N) is 1. The molecule has 0 saturated heterocycles. The van der Waals surface area contributed by atoms with Gasteiger partial charge in [-0.3, -0.25) is 0 Å². The molecule has 0 aliphatic carbocycles. The Morgan fingerprint density at radius 1 is 1.44 bits per heavy atom. The van der Waals surface area contributed by atoms with E-state index in [0.717, 1.165) is 12.3 Å². The van der Waals surface area contributed by atoms with Crippen molar-refractivity contribution in [3.63, 3.8) is 0 Å². The standard InChI is InChI=1S/C7H8ClF3N4O2S/c8-5-1-4(2-13-6(5)15-12)18(16,17)14-3-7(9,10)11/h1-2,14H,3,12H2,(H,13,15). The number of nitrogens with zero attached hydrogens (tertiary/aromatic N) is 1. The van der Waals surface area contributed by atoms with E-state index in [1.165, 1.54) is 4.72 Å². The second-order valence-corrected chi connectivity index (χ2v) is 5.26. The molecule has 18 heavy (non-hydrogen) atoms. The maximum atomic E-state index is 11.9. The molecule has 0 unspecified atom stereocenters. The zero-order valence-electron chi connectivity index (χ0n) is 8.62. The molecule has 0 spiro atoms. The smallest absolute Gasteiger partial charge is 0.307 e. The van der Waals surface area contributed by atoms with E-state index >= 15 is 0 Å². The molecule has 11 heteroatoms. The Kier molecular flexibility index (Phi) is 4.37. The summed E-state index contributed by atoms with van der Waals surface area (Å²) in [6, 6.07) is 0.933. The topological polar surface area (TPSA) is 97.1 Å². The van der Waals surface area contributed by atoms with Crippen molar-refractivity contribution in [3.05, 3.63) is 17.3 Å². The number of nitrogens with one attached hydrogen (secondary N) is 2. The van der Waals surface area contributed by atoms with Crippen LogP contribution in [0.5, 0.6) is 0 Å². The second kappa shape index (κ2) is 5.26. The number of aromatic nitrogens is 1. The predicted molar refractivity (Wildman–Crippen MR) is 58.3 cm³/mol. The van der Waals surface area contributed by atoms with Gasteiger partial charge in [-0.25, -0.2) is 24.0 Å². The van der Waals surface area contributed by atoms with Crippen LogP contribution < -0.4 is 16.0 Å². The third kappa shape index (κ3) is 3.98. The molecule has 0 radical (unpaired) electrons. The van der Waals surface area contributed by atoms with Gasteiger partial charge in [0.1, 0.15) is 11.4 Å². The van der Waals surface area contributed by atoms with Gasteiger partial charge < -0.3 is 5.43 Å². The van der Waals surface area contributed by atoms with E-state index in [9.17, 15) is 21.6 Å². The maximum Gasteiger partial charge on any atom is 0.402 e. The van der Waals surface area contributed by atoms with Crippen molar-refractivity contribution in [2.45, 2.75) is 11.1 Å². The molecular weight excluding hydrogens is 297 g/mol. The Bertz CT molecular complexity index is 534. The number of halogens is 4. The average Bonchev–Trinajstić information content (AvgIpc) is 2.25. The number of sulfonamides is 1. The van der Waals surface area contributed by atoms with Crippen LogP contribution in [-0.4, -0.2) is 26.1 Å². The van der Waals surface area contributed by atoms with Crippen molar-refractivity contribution >= 4 is 27.4 Å². The van der Waals surface area contributed by atoms with Gasteiger partial charge in [-0.2, -0.15) is 13.2 Å². The van der Waals surface area contributed by atoms with E-state index in [0.29, 0.717) is 0 Å². The molecule has 0 amide bonds. The quantitative estimate of drug-likeness (QED) is 0.566. The normalized spacial score (nSPS) is 12.5.